The van der Waals surface area contributed by atoms with Gasteiger partial charge < -0.3 is 19.3 Å². The summed E-state index contributed by atoms with van der Waals surface area (Å²) in [6.07, 6.45) is 2.22. The number of fused-ring (bicyclic) bond motifs is 2. The van der Waals surface area contributed by atoms with Crippen LogP contribution in [-0.4, -0.2) is 46.6 Å². The number of esters is 2. The molecule has 2 saturated carbocycles. The SMILES string of the molecule is C/C=C(/C)C(=O)O[C@@H]1C[C@@]2(C)O[C@H]2[C@H](OC(C)=O)[C@@]2(C)CC[C@](O)(C(C)C)[C@H]12. The number of rotatable bonds is 4. The first-order valence-corrected chi connectivity index (χ1v) is 10.3. The quantitative estimate of drug-likeness (QED) is 0.448. The first-order chi connectivity index (χ1) is 12.9. The summed E-state index contributed by atoms with van der Waals surface area (Å²) >= 11 is 0. The van der Waals surface area contributed by atoms with Crippen molar-refractivity contribution in [3.05, 3.63) is 11.6 Å². The van der Waals surface area contributed by atoms with Crippen LogP contribution >= 0.6 is 0 Å². The van der Waals surface area contributed by atoms with Gasteiger partial charge in [-0.1, -0.05) is 26.8 Å². The number of ether oxygens (including phenoxy) is 3. The molecule has 0 bridgehead atoms. The maximum Gasteiger partial charge on any atom is 0.333 e. The number of epoxide rings is 1. The van der Waals surface area contributed by atoms with E-state index in [2.05, 4.69) is 0 Å². The molecular formula is C22H34O6. The van der Waals surface area contributed by atoms with Crippen LogP contribution in [0, 0.1) is 17.3 Å². The Labute approximate surface area is 167 Å². The third kappa shape index (κ3) is 3.18. The van der Waals surface area contributed by atoms with Crippen LogP contribution in [0.5, 0.6) is 0 Å². The lowest BCUT2D eigenvalue weighted by Crippen LogP contribution is -2.54. The molecule has 158 valence electrons. The summed E-state index contributed by atoms with van der Waals surface area (Å²) in [7, 11) is 0. The fourth-order valence-corrected chi connectivity index (χ4v) is 5.56. The Morgan fingerprint density at radius 2 is 1.82 bits per heavy atom. The Bertz CT molecular complexity index is 699. The number of carbonyl (C=O) groups is 2. The van der Waals surface area contributed by atoms with Crippen LogP contribution in [0.15, 0.2) is 11.6 Å². The minimum atomic E-state index is -1.00. The van der Waals surface area contributed by atoms with Crippen molar-refractivity contribution in [1.82, 2.24) is 0 Å². The normalized spacial score (nSPS) is 45.1. The molecule has 1 aliphatic heterocycles. The van der Waals surface area contributed by atoms with Gasteiger partial charge in [-0.3, -0.25) is 4.79 Å². The molecule has 0 aromatic carbocycles. The molecule has 3 aliphatic rings. The zero-order valence-electron chi connectivity index (χ0n) is 18.1. The van der Waals surface area contributed by atoms with E-state index in [-0.39, 0.29) is 29.9 Å². The molecule has 3 rings (SSSR count). The molecule has 1 saturated heterocycles. The van der Waals surface area contributed by atoms with Crippen LogP contribution in [0.3, 0.4) is 0 Å². The first-order valence-electron chi connectivity index (χ1n) is 10.3. The van der Waals surface area contributed by atoms with Crippen molar-refractivity contribution in [1.29, 1.82) is 0 Å². The molecule has 0 radical (unpaired) electrons. The zero-order valence-corrected chi connectivity index (χ0v) is 18.1. The van der Waals surface area contributed by atoms with Gasteiger partial charge in [-0.2, -0.15) is 0 Å². The molecule has 0 amide bonds. The van der Waals surface area contributed by atoms with E-state index in [1.165, 1.54) is 6.92 Å². The molecule has 6 heteroatoms. The fraction of sp³-hybridized carbons (Fsp3) is 0.818. The first kappa shape index (κ1) is 21.3. The topological polar surface area (TPSA) is 85.4 Å². The Kier molecular flexibility index (Phi) is 5.20. The Morgan fingerprint density at radius 3 is 2.36 bits per heavy atom. The second kappa shape index (κ2) is 6.84. The predicted molar refractivity (Wildman–Crippen MR) is 103 cm³/mol. The Morgan fingerprint density at radius 1 is 1.18 bits per heavy atom. The van der Waals surface area contributed by atoms with Crippen molar-refractivity contribution in [2.24, 2.45) is 17.3 Å². The highest BCUT2D eigenvalue weighted by Gasteiger charge is 2.73. The van der Waals surface area contributed by atoms with E-state index in [9.17, 15) is 14.7 Å². The average Bonchev–Trinajstić information content (AvgIpc) is 3.17. The molecule has 7 atom stereocenters. The van der Waals surface area contributed by atoms with E-state index in [1.807, 2.05) is 27.7 Å². The lowest BCUT2D eigenvalue weighted by Gasteiger charge is -2.45. The van der Waals surface area contributed by atoms with Gasteiger partial charge in [0.1, 0.15) is 18.3 Å². The van der Waals surface area contributed by atoms with Gasteiger partial charge in [0.15, 0.2) is 0 Å². The lowest BCUT2D eigenvalue weighted by atomic mass is 9.66. The van der Waals surface area contributed by atoms with E-state index in [1.54, 1.807) is 19.9 Å². The van der Waals surface area contributed by atoms with Crippen LogP contribution < -0.4 is 0 Å². The minimum absolute atomic E-state index is 0.0236. The van der Waals surface area contributed by atoms with Gasteiger partial charge in [0.2, 0.25) is 0 Å². The van der Waals surface area contributed by atoms with Crippen molar-refractivity contribution in [2.45, 2.75) is 97.2 Å². The predicted octanol–water partition coefficient (Wildman–Crippen LogP) is 3.16. The average molecular weight is 395 g/mol. The van der Waals surface area contributed by atoms with Crippen LogP contribution in [0.2, 0.25) is 0 Å². The van der Waals surface area contributed by atoms with Crippen LogP contribution in [0.4, 0.5) is 0 Å². The van der Waals surface area contributed by atoms with Gasteiger partial charge in [-0.25, -0.2) is 4.79 Å². The monoisotopic (exact) mass is 394 g/mol. The number of carbonyl (C=O) groups excluding carboxylic acids is 2. The maximum absolute atomic E-state index is 12.6. The highest BCUT2D eigenvalue weighted by molar-refractivity contribution is 5.87. The van der Waals surface area contributed by atoms with Crippen molar-refractivity contribution >= 4 is 11.9 Å². The molecular weight excluding hydrogens is 360 g/mol. The molecule has 3 fully saturated rings. The largest absolute Gasteiger partial charge is 0.459 e. The van der Waals surface area contributed by atoms with Crippen LogP contribution in [0.1, 0.15) is 67.7 Å². The molecule has 6 nitrogen and oxygen atoms in total. The highest BCUT2D eigenvalue weighted by atomic mass is 16.6. The summed E-state index contributed by atoms with van der Waals surface area (Å²) < 4.78 is 17.7. The molecule has 28 heavy (non-hydrogen) atoms. The summed E-state index contributed by atoms with van der Waals surface area (Å²) in [5.74, 6) is -1.10. The molecule has 0 unspecified atom stereocenters. The van der Waals surface area contributed by atoms with Gasteiger partial charge in [-0.05, 0) is 39.5 Å². The Hall–Kier alpha value is -1.40. The van der Waals surface area contributed by atoms with Gasteiger partial charge in [0.05, 0.1) is 11.2 Å². The maximum atomic E-state index is 12.6. The molecule has 0 spiro atoms. The van der Waals surface area contributed by atoms with Crippen LogP contribution in [-0.2, 0) is 23.8 Å². The van der Waals surface area contributed by atoms with Crippen molar-refractivity contribution < 1.29 is 28.9 Å². The fourth-order valence-electron chi connectivity index (χ4n) is 5.56. The third-order valence-electron chi connectivity index (χ3n) is 7.46. The van der Waals surface area contributed by atoms with Gasteiger partial charge >= 0.3 is 11.9 Å². The zero-order chi connectivity index (χ0) is 21.1. The van der Waals surface area contributed by atoms with E-state index < -0.39 is 28.8 Å². The highest BCUT2D eigenvalue weighted by Crippen LogP contribution is 2.64. The number of allylic oxidation sites excluding steroid dienone is 1. The number of hydrogen-bond donors (Lipinski definition) is 1. The van der Waals surface area contributed by atoms with Gasteiger partial charge in [0.25, 0.3) is 0 Å². The smallest absolute Gasteiger partial charge is 0.333 e. The van der Waals surface area contributed by atoms with E-state index in [0.29, 0.717) is 24.8 Å². The minimum Gasteiger partial charge on any atom is -0.459 e. The van der Waals surface area contributed by atoms with Crippen molar-refractivity contribution in [2.75, 3.05) is 0 Å². The Balaban J connectivity index is 2.07. The van der Waals surface area contributed by atoms with E-state index >= 15 is 0 Å². The molecule has 1 heterocycles. The second-order valence-electron chi connectivity index (χ2n) is 9.63. The van der Waals surface area contributed by atoms with Crippen LogP contribution in [0.25, 0.3) is 0 Å². The number of hydrogen-bond acceptors (Lipinski definition) is 6. The number of aliphatic hydroxyl groups is 1. The summed E-state index contributed by atoms with van der Waals surface area (Å²) in [5, 5.41) is 11.7. The lowest BCUT2D eigenvalue weighted by molar-refractivity contribution is -0.181. The third-order valence-corrected chi connectivity index (χ3v) is 7.46. The molecule has 1 N–H and O–H groups in total. The van der Waals surface area contributed by atoms with Crippen molar-refractivity contribution in [3.8, 4) is 0 Å². The molecule has 2 aliphatic carbocycles. The summed E-state index contributed by atoms with van der Waals surface area (Å²) in [4.78, 5) is 24.5. The summed E-state index contributed by atoms with van der Waals surface area (Å²) in [5.41, 5.74) is -1.54. The van der Waals surface area contributed by atoms with E-state index in [4.69, 9.17) is 14.2 Å². The summed E-state index contributed by atoms with van der Waals surface area (Å²) in [6.45, 7) is 12.9. The standard InChI is InChI=1S/C22H34O6/c1-8-13(4)19(24)27-15-11-21(7)18(28-21)17(26-14(5)23)20(6)9-10-22(25,12(2)3)16(15)20/h8,12,15-18,25H,9-11H2,1-7H3/b13-8-/t15-,16-,17+,18+,20+,21-,22+/m1/s1. The summed E-state index contributed by atoms with van der Waals surface area (Å²) in [6, 6.07) is 0. The van der Waals surface area contributed by atoms with Gasteiger partial charge in [0, 0.05) is 30.3 Å². The second-order valence-corrected chi connectivity index (χ2v) is 9.63. The molecule has 0 aromatic rings. The van der Waals surface area contributed by atoms with Crippen molar-refractivity contribution in [3.63, 3.8) is 0 Å². The molecule has 0 aromatic heterocycles. The van der Waals surface area contributed by atoms with E-state index in [0.717, 1.165) is 0 Å². The van der Waals surface area contributed by atoms with Gasteiger partial charge in [-0.15, -0.1) is 0 Å².